The van der Waals surface area contributed by atoms with Gasteiger partial charge in [0, 0.05) is 0 Å². The van der Waals surface area contributed by atoms with Gasteiger partial charge < -0.3 is 0 Å². The molecule has 0 heterocycles. The molecule has 1 fully saturated rings. The van der Waals surface area contributed by atoms with Crippen LogP contribution in [-0.4, -0.2) is 0 Å². The summed E-state index contributed by atoms with van der Waals surface area (Å²) in [4.78, 5) is 0. The molecule has 0 saturated heterocycles. The van der Waals surface area contributed by atoms with Gasteiger partial charge >= 0.3 is 0 Å². The van der Waals surface area contributed by atoms with Crippen LogP contribution in [0.15, 0.2) is 0 Å². The van der Waals surface area contributed by atoms with Crippen LogP contribution in [0.4, 0.5) is 0 Å². The Balaban J connectivity index is 2.54. The van der Waals surface area contributed by atoms with E-state index in [2.05, 4.69) is 27.7 Å². The van der Waals surface area contributed by atoms with Crippen molar-refractivity contribution in [2.24, 2.45) is 23.7 Å². The van der Waals surface area contributed by atoms with Gasteiger partial charge in [0.2, 0.25) is 0 Å². The van der Waals surface area contributed by atoms with Gasteiger partial charge in [0.05, 0.1) is 0 Å². The summed E-state index contributed by atoms with van der Waals surface area (Å²) in [5.41, 5.74) is 0. The lowest BCUT2D eigenvalue weighted by Crippen LogP contribution is -2.17. The van der Waals surface area contributed by atoms with Crippen LogP contribution in [-0.2, 0) is 0 Å². The van der Waals surface area contributed by atoms with Crippen molar-refractivity contribution in [3.05, 3.63) is 0 Å². The molecule has 3 unspecified atom stereocenters. The molecule has 0 spiro atoms. The lowest BCUT2D eigenvalue weighted by atomic mass is 9.79. The van der Waals surface area contributed by atoms with E-state index in [1.54, 1.807) is 0 Å². The van der Waals surface area contributed by atoms with E-state index in [-0.39, 0.29) is 0 Å². The molecule has 0 bridgehead atoms. The van der Waals surface area contributed by atoms with Crippen LogP contribution in [0.1, 0.15) is 53.4 Å². The first-order valence-electron chi connectivity index (χ1n) is 5.61. The van der Waals surface area contributed by atoms with Crippen molar-refractivity contribution < 1.29 is 0 Å². The Bertz CT molecular complexity index is 126. The molecule has 0 aromatic heterocycles. The van der Waals surface area contributed by atoms with Crippen LogP contribution < -0.4 is 0 Å². The molecule has 0 amide bonds. The quantitative estimate of drug-likeness (QED) is 0.517. The Morgan fingerprint density at radius 1 is 1.08 bits per heavy atom. The first kappa shape index (κ1) is 10.1. The van der Waals surface area contributed by atoms with Crippen molar-refractivity contribution in [1.82, 2.24) is 0 Å². The van der Waals surface area contributed by atoms with Gasteiger partial charge in [-0.05, 0) is 30.1 Å². The van der Waals surface area contributed by atoms with Gasteiger partial charge in [-0.15, -0.1) is 0 Å². The summed E-state index contributed by atoms with van der Waals surface area (Å²) in [7, 11) is 0. The fourth-order valence-corrected chi connectivity index (χ4v) is 2.75. The molecule has 0 aliphatic heterocycles. The molecule has 1 rings (SSSR count). The molecule has 12 heavy (non-hydrogen) atoms. The second kappa shape index (κ2) is 4.30. The van der Waals surface area contributed by atoms with Crippen LogP contribution in [0.25, 0.3) is 0 Å². The highest BCUT2D eigenvalue weighted by Gasteiger charge is 2.25. The number of hydrogen-bond donors (Lipinski definition) is 0. The smallest absolute Gasteiger partial charge is 0.0363 e. The van der Waals surface area contributed by atoms with E-state index in [9.17, 15) is 0 Å². The average Bonchev–Trinajstić information content (AvgIpc) is 2.13. The normalized spacial score (nSPS) is 38.2. The van der Waals surface area contributed by atoms with Crippen LogP contribution >= 0.6 is 0 Å². The minimum Gasteiger partial charge on any atom is -0.0625 e. The van der Waals surface area contributed by atoms with Crippen molar-refractivity contribution in [3.63, 3.8) is 0 Å². The minimum atomic E-state index is 0.889. The maximum atomic E-state index is 2.45. The predicted octanol–water partition coefficient (Wildman–Crippen LogP) is 4.10. The van der Waals surface area contributed by atoms with Gasteiger partial charge in [0.15, 0.2) is 0 Å². The second-order valence-electron chi connectivity index (χ2n) is 5.16. The molecule has 1 saturated carbocycles. The van der Waals surface area contributed by atoms with Crippen LogP contribution in [0, 0.1) is 23.7 Å². The molecule has 0 nitrogen and oxygen atoms in total. The monoisotopic (exact) mass is 168 g/mol. The largest absolute Gasteiger partial charge is 0.0625 e. The standard InChI is InChI=1S/C12H24/c1-9(2)12-8-10(3)6-5-7-11(12)4/h9-12H,5-8H2,1-4H3. The van der Waals surface area contributed by atoms with E-state index < -0.39 is 0 Å². The summed E-state index contributed by atoms with van der Waals surface area (Å²) in [6, 6.07) is 0. The van der Waals surface area contributed by atoms with Gasteiger partial charge in [-0.25, -0.2) is 0 Å². The van der Waals surface area contributed by atoms with E-state index >= 15 is 0 Å². The van der Waals surface area contributed by atoms with Gasteiger partial charge in [-0.3, -0.25) is 0 Å². The first-order valence-corrected chi connectivity index (χ1v) is 5.61. The Kier molecular flexibility index (Phi) is 3.61. The first-order chi connectivity index (χ1) is 5.61. The molecule has 3 atom stereocenters. The third kappa shape index (κ3) is 2.50. The van der Waals surface area contributed by atoms with Crippen LogP contribution in [0.2, 0.25) is 0 Å². The molecule has 0 heteroatoms. The lowest BCUT2D eigenvalue weighted by Gasteiger charge is -2.26. The summed E-state index contributed by atoms with van der Waals surface area (Å²) in [6.45, 7) is 9.65. The van der Waals surface area contributed by atoms with Crippen molar-refractivity contribution in [1.29, 1.82) is 0 Å². The third-order valence-corrected chi connectivity index (χ3v) is 3.62. The fourth-order valence-electron chi connectivity index (χ4n) is 2.75. The molecule has 0 aromatic carbocycles. The van der Waals surface area contributed by atoms with Crippen molar-refractivity contribution in [3.8, 4) is 0 Å². The van der Waals surface area contributed by atoms with Gasteiger partial charge in [0.25, 0.3) is 0 Å². The highest BCUT2D eigenvalue weighted by Crippen LogP contribution is 2.35. The molecular formula is C12H24. The second-order valence-corrected chi connectivity index (χ2v) is 5.16. The zero-order valence-electron chi connectivity index (χ0n) is 9.14. The van der Waals surface area contributed by atoms with E-state index in [1.165, 1.54) is 25.7 Å². The molecule has 72 valence electrons. The predicted molar refractivity (Wildman–Crippen MR) is 55.1 cm³/mol. The molecular weight excluding hydrogens is 144 g/mol. The Hall–Kier alpha value is 0. The zero-order chi connectivity index (χ0) is 9.14. The summed E-state index contributed by atoms with van der Waals surface area (Å²) in [6.07, 6.45) is 5.87. The Labute approximate surface area is 77.7 Å². The van der Waals surface area contributed by atoms with Crippen molar-refractivity contribution in [2.45, 2.75) is 53.4 Å². The molecule has 1 aliphatic rings. The van der Waals surface area contributed by atoms with E-state index in [0.717, 1.165) is 23.7 Å². The molecule has 0 N–H and O–H groups in total. The van der Waals surface area contributed by atoms with Gasteiger partial charge in [-0.1, -0.05) is 47.0 Å². The average molecular weight is 168 g/mol. The molecule has 0 aromatic rings. The SMILES string of the molecule is CC1CCCC(C)C(C(C)C)C1. The summed E-state index contributed by atoms with van der Waals surface area (Å²) >= 11 is 0. The maximum Gasteiger partial charge on any atom is -0.0363 e. The fraction of sp³-hybridized carbons (Fsp3) is 1.00. The Morgan fingerprint density at radius 3 is 2.33 bits per heavy atom. The van der Waals surface area contributed by atoms with Gasteiger partial charge in [0.1, 0.15) is 0 Å². The topological polar surface area (TPSA) is 0 Å². The summed E-state index contributed by atoms with van der Waals surface area (Å²) in [5, 5.41) is 0. The van der Waals surface area contributed by atoms with E-state index in [4.69, 9.17) is 0 Å². The molecule has 0 radical (unpaired) electrons. The zero-order valence-corrected chi connectivity index (χ0v) is 9.14. The van der Waals surface area contributed by atoms with E-state index in [1.807, 2.05) is 0 Å². The van der Waals surface area contributed by atoms with Crippen LogP contribution in [0.3, 0.4) is 0 Å². The highest BCUT2D eigenvalue weighted by atomic mass is 14.3. The van der Waals surface area contributed by atoms with Crippen molar-refractivity contribution >= 4 is 0 Å². The number of hydrogen-bond acceptors (Lipinski definition) is 0. The lowest BCUT2D eigenvalue weighted by molar-refractivity contribution is 0.237. The Morgan fingerprint density at radius 2 is 1.75 bits per heavy atom. The maximum absolute atomic E-state index is 2.45. The summed E-state index contributed by atoms with van der Waals surface area (Å²) in [5.74, 6) is 3.82. The van der Waals surface area contributed by atoms with Crippen LogP contribution in [0.5, 0.6) is 0 Å². The highest BCUT2D eigenvalue weighted by molar-refractivity contribution is 4.76. The van der Waals surface area contributed by atoms with E-state index in [0.29, 0.717) is 0 Å². The number of rotatable bonds is 1. The minimum absolute atomic E-state index is 0.889. The summed E-state index contributed by atoms with van der Waals surface area (Å²) < 4.78 is 0. The third-order valence-electron chi connectivity index (χ3n) is 3.62. The van der Waals surface area contributed by atoms with Gasteiger partial charge in [-0.2, -0.15) is 0 Å². The molecule has 1 aliphatic carbocycles. The van der Waals surface area contributed by atoms with Crippen molar-refractivity contribution in [2.75, 3.05) is 0 Å².